The van der Waals surface area contributed by atoms with Crippen molar-refractivity contribution in [2.75, 3.05) is 25.6 Å². The largest absolute Gasteiger partial charge is 0.383 e. The summed E-state index contributed by atoms with van der Waals surface area (Å²) in [6.45, 7) is 4.74. The molecule has 0 atom stereocenters. The number of nitrogens with one attached hydrogen (secondary N) is 2. The van der Waals surface area contributed by atoms with Crippen LogP contribution >= 0.6 is 0 Å². The monoisotopic (exact) mass is 327 g/mol. The van der Waals surface area contributed by atoms with E-state index in [0.29, 0.717) is 18.7 Å². The Hall–Kier alpha value is -2.73. The van der Waals surface area contributed by atoms with Crippen LogP contribution in [0.3, 0.4) is 0 Å². The fourth-order valence-electron chi connectivity index (χ4n) is 2.13. The van der Waals surface area contributed by atoms with Crippen LogP contribution in [0.2, 0.25) is 0 Å². The van der Waals surface area contributed by atoms with Gasteiger partial charge in [0.1, 0.15) is 5.69 Å². The topological polar surface area (TPSA) is 80.3 Å². The average molecular weight is 327 g/mol. The molecule has 0 aliphatic heterocycles. The summed E-state index contributed by atoms with van der Waals surface area (Å²) < 4.78 is 4.88. The third kappa shape index (κ3) is 4.39. The van der Waals surface area contributed by atoms with E-state index in [2.05, 4.69) is 15.6 Å². The van der Waals surface area contributed by atoms with Crippen LogP contribution in [0.4, 0.5) is 5.69 Å². The highest BCUT2D eigenvalue weighted by Crippen LogP contribution is 2.18. The van der Waals surface area contributed by atoms with Crippen LogP contribution in [-0.2, 0) is 4.74 Å². The number of aryl methyl sites for hydroxylation is 1. The lowest BCUT2D eigenvalue weighted by atomic mass is 10.1. The van der Waals surface area contributed by atoms with Crippen molar-refractivity contribution in [2.24, 2.45) is 0 Å². The first-order valence-electron chi connectivity index (χ1n) is 7.63. The molecule has 0 saturated heterocycles. The van der Waals surface area contributed by atoms with Crippen LogP contribution in [0.5, 0.6) is 0 Å². The third-order valence-electron chi connectivity index (χ3n) is 3.70. The first kappa shape index (κ1) is 17.6. The molecule has 0 spiro atoms. The Morgan fingerprint density at radius 3 is 2.71 bits per heavy atom. The zero-order valence-electron chi connectivity index (χ0n) is 14.1. The van der Waals surface area contributed by atoms with Gasteiger partial charge >= 0.3 is 0 Å². The zero-order chi connectivity index (χ0) is 17.5. The molecule has 0 saturated carbocycles. The van der Waals surface area contributed by atoms with Gasteiger partial charge < -0.3 is 15.4 Å². The molecule has 2 aromatic rings. The molecule has 1 aromatic heterocycles. The molecular weight excluding hydrogens is 306 g/mol. The molecule has 2 rings (SSSR count). The van der Waals surface area contributed by atoms with Gasteiger partial charge in [0, 0.05) is 31.1 Å². The molecule has 0 aliphatic rings. The molecule has 1 aromatic carbocycles. The van der Waals surface area contributed by atoms with Gasteiger partial charge in [-0.3, -0.25) is 14.6 Å². The Balaban J connectivity index is 2.11. The quantitative estimate of drug-likeness (QED) is 0.798. The van der Waals surface area contributed by atoms with E-state index in [0.717, 1.165) is 16.8 Å². The highest BCUT2D eigenvalue weighted by atomic mass is 16.5. The number of pyridine rings is 1. The summed E-state index contributed by atoms with van der Waals surface area (Å²) in [6.07, 6.45) is 1.45. The maximum Gasteiger partial charge on any atom is 0.269 e. The number of carbonyl (C=O) groups is 2. The van der Waals surface area contributed by atoms with E-state index in [9.17, 15) is 9.59 Å². The number of benzene rings is 1. The molecule has 1 heterocycles. The molecular formula is C18H21N3O3. The summed E-state index contributed by atoms with van der Waals surface area (Å²) in [5.74, 6) is -0.620. The normalized spacial score (nSPS) is 10.3. The first-order chi connectivity index (χ1) is 11.5. The molecule has 0 unspecified atom stereocenters. The lowest BCUT2D eigenvalue weighted by Gasteiger charge is -2.11. The molecule has 126 valence electrons. The molecule has 24 heavy (non-hydrogen) atoms. The number of ether oxygens (including phenoxy) is 1. The summed E-state index contributed by atoms with van der Waals surface area (Å²) in [4.78, 5) is 28.4. The van der Waals surface area contributed by atoms with Gasteiger partial charge in [-0.1, -0.05) is 12.1 Å². The van der Waals surface area contributed by atoms with E-state index in [1.807, 2.05) is 32.0 Å². The van der Waals surface area contributed by atoms with Crippen molar-refractivity contribution in [3.63, 3.8) is 0 Å². The van der Waals surface area contributed by atoms with Gasteiger partial charge in [-0.15, -0.1) is 0 Å². The number of carbonyl (C=O) groups excluding carboxylic acids is 2. The average Bonchev–Trinajstić information content (AvgIpc) is 2.59. The van der Waals surface area contributed by atoms with Crippen LogP contribution in [0.1, 0.15) is 32.0 Å². The van der Waals surface area contributed by atoms with Crippen molar-refractivity contribution in [1.29, 1.82) is 0 Å². The van der Waals surface area contributed by atoms with E-state index in [1.54, 1.807) is 13.2 Å². The number of aromatic nitrogens is 1. The second kappa shape index (κ2) is 8.21. The molecule has 0 radical (unpaired) electrons. The number of hydrogen-bond acceptors (Lipinski definition) is 4. The van der Waals surface area contributed by atoms with Gasteiger partial charge in [0.25, 0.3) is 11.8 Å². The van der Waals surface area contributed by atoms with Crippen molar-refractivity contribution in [1.82, 2.24) is 10.3 Å². The van der Waals surface area contributed by atoms with Gasteiger partial charge in [-0.05, 0) is 43.2 Å². The van der Waals surface area contributed by atoms with Crippen molar-refractivity contribution < 1.29 is 14.3 Å². The van der Waals surface area contributed by atoms with E-state index < -0.39 is 0 Å². The Labute approximate surface area is 141 Å². The third-order valence-corrected chi connectivity index (χ3v) is 3.70. The van der Waals surface area contributed by atoms with Crippen molar-refractivity contribution in [3.05, 3.63) is 58.9 Å². The van der Waals surface area contributed by atoms with E-state index in [1.165, 1.54) is 12.3 Å². The van der Waals surface area contributed by atoms with Gasteiger partial charge in [-0.25, -0.2) is 0 Å². The van der Waals surface area contributed by atoms with Crippen LogP contribution in [0, 0.1) is 13.8 Å². The SMILES string of the molecule is COCCNC(=O)c1cc(C(=O)Nc2cccc(C)c2C)ccn1. The van der Waals surface area contributed by atoms with Crippen LogP contribution in [-0.4, -0.2) is 37.1 Å². The minimum atomic E-state index is -0.339. The van der Waals surface area contributed by atoms with Crippen LogP contribution < -0.4 is 10.6 Å². The number of amides is 2. The maximum absolute atomic E-state index is 12.4. The number of anilines is 1. The fourth-order valence-corrected chi connectivity index (χ4v) is 2.13. The van der Waals surface area contributed by atoms with Gasteiger partial charge in [-0.2, -0.15) is 0 Å². The molecule has 0 fully saturated rings. The number of methoxy groups -OCH3 is 1. The van der Waals surface area contributed by atoms with Gasteiger partial charge in [0.2, 0.25) is 0 Å². The lowest BCUT2D eigenvalue weighted by molar-refractivity contribution is 0.0932. The minimum Gasteiger partial charge on any atom is -0.383 e. The Bertz CT molecular complexity index is 744. The highest BCUT2D eigenvalue weighted by molar-refractivity contribution is 6.06. The number of hydrogen-bond donors (Lipinski definition) is 2. The Morgan fingerprint density at radius 1 is 1.17 bits per heavy atom. The fraction of sp³-hybridized carbons (Fsp3) is 0.278. The highest BCUT2D eigenvalue weighted by Gasteiger charge is 2.13. The van der Waals surface area contributed by atoms with Crippen LogP contribution in [0.15, 0.2) is 36.5 Å². The maximum atomic E-state index is 12.4. The summed E-state index contributed by atoms with van der Waals surface area (Å²) in [5.41, 5.74) is 3.43. The van der Waals surface area contributed by atoms with E-state index >= 15 is 0 Å². The Morgan fingerprint density at radius 2 is 1.96 bits per heavy atom. The molecule has 6 nitrogen and oxygen atoms in total. The summed E-state index contributed by atoms with van der Waals surface area (Å²) >= 11 is 0. The molecule has 2 amide bonds. The van der Waals surface area contributed by atoms with Crippen molar-refractivity contribution in [2.45, 2.75) is 13.8 Å². The molecule has 0 bridgehead atoms. The van der Waals surface area contributed by atoms with Gasteiger partial charge in [0.15, 0.2) is 0 Å². The first-order valence-corrected chi connectivity index (χ1v) is 7.63. The van der Waals surface area contributed by atoms with E-state index in [4.69, 9.17) is 4.74 Å². The van der Waals surface area contributed by atoms with Crippen molar-refractivity contribution in [3.8, 4) is 0 Å². The molecule has 6 heteroatoms. The van der Waals surface area contributed by atoms with Crippen LogP contribution in [0.25, 0.3) is 0 Å². The predicted octanol–water partition coefficient (Wildman–Crippen LogP) is 2.33. The van der Waals surface area contributed by atoms with E-state index in [-0.39, 0.29) is 17.5 Å². The number of nitrogens with zero attached hydrogens (tertiary/aromatic N) is 1. The van der Waals surface area contributed by atoms with Crippen molar-refractivity contribution >= 4 is 17.5 Å². The summed E-state index contributed by atoms with van der Waals surface area (Å²) in [6, 6.07) is 8.77. The summed E-state index contributed by atoms with van der Waals surface area (Å²) in [7, 11) is 1.56. The second-order valence-electron chi connectivity index (χ2n) is 5.38. The lowest BCUT2D eigenvalue weighted by Crippen LogP contribution is -2.28. The molecule has 0 aliphatic carbocycles. The Kier molecular flexibility index (Phi) is 6.03. The summed E-state index contributed by atoms with van der Waals surface area (Å²) in [5, 5.41) is 5.54. The molecule has 2 N–H and O–H groups in total. The smallest absolute Gasteiger partial charge is 0.269 e. The minimum absolute atomic E-state index is 0.194. The zero-order valence-corrected chi connectivity index (χ0v) is 14.1. The number of rotatable bonds is 6. The standard InChI is InChI=1S/C18H21N3O3/c1-12-5-4-6-15(13(12)2)21-17(22)14-7-8-19-16(11-14)18(23)20-9-10-24-3/h4-8,11H,9-10H2,1-3H3,(H,20,23)(H,21,22). The predicted molar refractivity (Wildman–Crippen MR) is 92.3 cm³/mol. The second-order valence-corrected chi connectivity index (χ2v) is 5.38. The van der Waals surface area contributed by atoms with Gasteiger partial charge in [0.05, 0.1) is 6.61 Å².